The number of methoxy groups -OCH3 is 1. The molecule has 0 radical (unpaired) electrons. The van der Waals surface area contributed by atoms with Crippen LogP contribution >= 0.6 is 0 Å². The summed E-state index contributed by atoms with van der Waals surface area (Å²) in [5, 5.41) is 0. The highest BCUT2D eigenvalue weighted by atomic mass is 32.2. The maximum atomic E-state index is 13.3. The minimum Gasteiger partial charge on any atom is -0.465 e. The van der Waals surface area contributed by atoms with Crippen molar-refractivity contribution in [3.05, 3.63) is 29.6 Å². The van der Waals surface area contributed by atoms with Crippen LogP contribution in [0.25, 0.3) is 0 Å². The lowest BCUT2D eigenvalue weighted by molar-refractivity contribution is 0.0596. The number of ether oxygens (including phenoxy) is 2. The lowest BCUT2D eigenvalue weighted by Gasteiger charge is -2.10. The van der Waals surface area contributed by atoms with Crippen molar-refractivity contribution < 1.29 is 27.1 Å². The Hall–Kier alpha value is -1.51. The normalized spacial score (nSPS) is 11.4. The standard InChI is InChI=1S/C13H18FNO5S/c1-3-20-8-4-7-15-21(17,18)12-9-10(14)5-6-11(12)13(16)19-2/h5-6,9,15H,3-4,7-8H2,1-2H3. The van der Waals surface area contributed by atoms with E-state index in [-0.39, 0.29) is 12.1 Å². The van der Waals surface area contributed by atoms with Gasteiger partial charge in [0.25, 0.3) is 0 Å². The topological polar surface area (TPSA) is 81.7 Å². The SMILES string of the molecule is CCOCCCNS(=O)(=O)c1cc(F)ccc1C(=O)OC. The van der Waals surface area contributed by atoms with Gasteiger partial charge in [0.15, 0.2) is 0 Å². The van der Waals surface area contributed by atoms with Gasteiger partial charge in [-0.15, -0.1) is 0 Å². The summed E-state index contributed by atoms with van der Waals surface area (Å²) in [5.41, 5.74) is -0.212. The van der Waals surface area contributed by atoms with Gasteiger partial charge in [-0.2, -0.15) is 0 Å². The van der Waals surface area contributed by atoms with Gasteiger partial charge in [0.2, 0.25) is 10.0 Å². The van der Waals surface area contributed by atoms with Crippen molar-refractivity contribution in [2.24, 2.45) is 0 Å². The van der Waals surface area contributed by atoms with Gasteiger partial charge in [0, 0.05) is 19.8 Å². The molecule has 6 nitrogen and oxygen atoms in total. The van der Waals surface area contributed by atoms with E-state index in [0.29, 0.717) is 19.6 Å². The van der Waals surface area contributed by atoms with Crippen LogP contribution in [0.3, 0.4) is 0 Å². The van der Waals surface area contributed by atoms with E-state index >= 15 is 0 Å². The van der Waals surface area contributed by atoms with E-state index in [9.17, 15) is 17.6 Å². The van der Waals surface area contributed by atoms with E-state index in [1.165, 1.54) is 0 Å². The van der Waals surface area contributed by atoms with Gasteiger partial charge in [-0.05, 0) is 31.5 Å². The molecular formula is C13H18FNO5S. The van der Waals surface area contributed by atoms with Crippen LogP contribution < -0.4 is 4.72 Å². The van der Waals surface area contributed by atoms with Crippen molar-refractivity contribution in [2.45, 2.75) is 18.2 Å². The Morgan fingerprint density at radius 2 is 2.10 bits per heavy atom. The van der Waals surface area contributed by atoms with Crippen molar-refractivity contribution in [3.8, 4) is 0 Å². The highest BCUT2D eigenvalue weighted by molar-refractivity contribution is 7.89. The van der Waals surface area contributed by atoms with Crippen LogP contribution in [0.5, 0.6) is 0 Å². The summed E-state index contributed by atoms with van der Waals surface area (Å²) in [5.74, 6) is -1.60. The molecule has 0 heterocycles. The molecule has 0 spiro atoms. The summed E-state index contributed by atoms with van der Waals surface area (Å²) in [6.07, 6.45) is 0.468. The number of halogens is 1. The van der Waals surface area contributed by atoms with Crippen molar-refractivity contribution in [2.75, 3.05) is 26.9 Å². The first kappa shape index (κ1) is 17.5. The fourth-order valence-electron chi connectivity index (χ4n) is 1.60. The molecule has 0 aliphatic carbocycles. The summed E-state index contributed by atoms with van der Waals surface area (Å²) in [7, 11) is -2.88. The average Bonchev–Trinajstić information content (AvgIpc) is 2.46. The van der Waals surface area contributed by atoms with E-state index in [1.807, 2.05) is 6.92 Å². The minimum absolute atomic E-state index is 0.124. The molecule has 0 aliphatic heterocycles. The Labute approximate surface area is 123 Å². The molecule has 0 bridgehead atoms. The monoisotopic (exact) mass is 319 g/mol. The third kappa shape index (κ3) is 5.07. The summed E-state index contributed by atoms with van der Waals surface area (Å²) in [6, 6.07) is 2.87. The molecule has 0 saturated heterocycles. The fourth-order valence-corrected chi connectivity index (χ4v) is 2.88. The summed E-state index contributed by atoms with van der Waals surface area (Å²) >= 11 is 0. The molecule has 1 aromatic carbocycles. The van der Waals surface area contributed by atoms with E-state index in [1.54, 1.807) is 0 Å². The van der Waals surface area contributed by atoms with Crippen LogP contribution in [0.2, 0.25) is 0 Å². The lowest BCUT2D eigenvalue weighted by Crippen LogP contribution is -2.27. The number of esters is 1. The van der Waals surface area contributed by atoms with Gasteiger partial charge < -0.3 is 9.47 Å². The average molecular weight is 319 g/mol. The summed E-state index contributed by atoms with van der Waals surface area (Å²) in [6.45, 7) is 2.91. The molecule has 0 aromatic heterocycles. The molecule has 0 amide bonds. The predicted octanol–water partition coefficient (Wildman–Crippen LogP) is 1.32. The van der Waals surface area contributed by atoms with Crippen LogP contribution in [0.4, 0.5) is 4.39 Å². The molecule has 1 rings (SSSR count). The molecule has 1 N–H and O–H groups in total. The third-order valence-electron chi connectivity index (χ3n) is 2.60. The highest BCUT2D eigenvalue weighted by Gasteiger charge is 2.23. The molecule has 0 aliphatic rings. The molecule has 0 atom stereocenters. The molecular weight excluding hydrogens is 301 g/mol. The Balaban J connectivity index is 2.91. The second-order valence-corrected chi connectivity index (χ2v) is 5.82. The second kappa shape index (κ2) is 8.06. The van der Waals surface area contributed by atoms with Crippen molar-refractivity contribution in [3.63, 3.8) is 0 Å². The fraction of sp³-hybridized carbons (Fsp3) is 0.462. The van der Waals surface area contributed by atoms with E-state index in [4.69, 9.17) is 4.74 Å². The molecule has 1 aromatic rings. The smallest absolute Gasteiger partial charge is 0.339 e. The first-order valence-corrected chi connectivity index (χ1v) is 7.86. The Kier molecular flexibility index (Phi) is 6.73. The number of hydrogen-bond donors (Lipinski definition) is 1. The highest BCUT2D eigenvalue weighted by Crippen LogP contribution is 2.18. The van der Waals surface area contributed by atoms with Gasteiger partial charge in [0.05, 0.1) is 17.6 Å². The van der Waals surface area contributed by atoms with Gasteiger partial charge in [-0.1, -0.05) is 0 Å². The van der Waals surface area contributed by atoms with Crippen LogP contribution in [0.1, 0.15) is 23.7 Å². The molecule has 8 heteroatoms. The largest absolute Gasteiger partial charge is 0.465 e. The number of carbonyl (C=O) groups is 1. The van der Waals surface area contributed by atoms with Crippen molar-refractivity contribution in [1.29, 1.82) is 0 Å². The van der Waals surface area contributed by atoms with E-state index < -0.39 is 26.7 Å². The van der Waals surface area contributed by atoms with Crippen molar-refractivity contribution in [1.82, 2.24) is 4.72 Å². The Bertz CT molecular complexity index is 588. The van der Waals surface area contributed by atoms with Crippen LogP contribution in [0, 0.1) is 5.82 Å². The zero-order valence-electron chi connectivity index (χ0n) is 11.9. The van der Waals surface area contributed by atoms with Crippen LogP contribution in [-0.4, -0.2) is 41.3 Å². The second-order valence-electron chi connectivity index (χ2n) is 4.08. The summed E-state index contributed by atoms with van der Waals surface area (Å²) < 4.78 is 49.4. The van der Waals surface area contributed by atoms with Gasteiger partial charge in [-0.25, -0.2) is 22.3 Å². The maximum Gasteiger partial charge on any atom is 0.339 e. The van der Waals surface area contributed by atoms with Crippen LogP contribution in [-0.2, 0) is 19.5 Å². The molecule has 0 saturated carbocycles. The zero-order chi connectivity index (χ0) is 15.9. The first-order chi connectivity index (χ1) is 9.92. The van der Waals surface area contributed by atoms with E-state index in [2.05, 4.69) is 9.46 Å². The van der Waals surface area contributed by atoms with Crippen LogP contribution in [0.15, 0.2) is 23.1 Å². The first-order valence-electron chi connectivity index (χ1n) is 6.37. The van der Waals surface area contributed by atoms with E-state index in [0.717, 1.165) is 25.3 Å². The minimum atomic E-state index is -4.00. The van der Waals surface area contributed by atoms with Gasteiger partial charge >= 0.3 is 5.97 Å². The quantitative estimate of drug-likeness (QED) is 0.577. The number of carbonyl (C=O) groups excluding carboxylic acids is 1. The third-order valence-corrected chi connectivity index (χ3v) is 4.10. The number of benzene rings is 1. The molecule has 118 valence electrons. The number of sulfonamides is 1. The Morgan fingerprint density at radius 1 is 1.38 bits per heavy atom. The number of nitrogens with one attached hydrogen (secondary N) is 1. The Morgan fingerprint density at radius 3 is 2.71 bits per heavy atom. The van der Waals surface area contributed by atoms with Gasteiger partial charge in [0.1, 0.15) is 5.82 Å². The molecule has 0 unspecified atom stereocenters. The van der Waals surface area contributed by atoms with Crippen molar-refractivity contribution >= 4 is 16.0 Å². The molecule has 21 heavy (non-hydrogen) atoms. The molecule has 0 fully saturated rings. The maximum absolute atomic E-state index is 13.3. The lowest BCUT2D eigenvalue weighted by atomic mass is 10.2. The predicted molar refractivity (Wildman–Crippen MR) is 74.0 cm³/mol. The zero-order valence-corrected chi connectivity index (χ0v) is 12.7. The summed E-state index contributed by atoms with van der Waals surface area (Å²) in [4.78, 5) is 11.1. The van der Waals surface area contributed by atoms with Gasteiger partial charge in [-0.3, -0.25) is 0 Å². The number of hydrogen-bond acceptors (Lipinski definition) is 5. The number of rotatable bonds is 8.